The van der Waals surface area contributed by atoms with Gasteiger partial charge < -0.3 is 9.26 Å². The van der Waals surface area contributed by atoms with Crippen LogP contribution in [-0.4, -0.2) is 30.0 Å². The van der Waals surface area contributed by atoms with E-state index in [1.54, 1.807) is 10.7 Å². The minimum absolute atomic E-state index is 0.316. The Labute approximate surface area is 165 Å². The first-order valence-electron chi connectivity index (χ1n) is 9.51. The van der Waals surface area contributed by atoms with Gasteiger partial charge in [-0.1, -0.05) is 29.4 Å². The summed E-state index contributed by atoms with van der Waals surface area (Å²) in [5.74, 6) is 2.39. The molecule has 1 saturated carbocycles. The highest BCUT2D eigenvalue weighted by atomic mass is 16.5. The second-order valence-electron chi connectivity index (χ2n) is 7.11. The number of benzene rings is 1. The molecule has 6 rings (SSSR count). The SMILES string of the molecule is c1ccc(COc2nn3c(-c4cc(C5CC5)on4)nnc3c3ccccc23)nc1. The number of hydrogen-bond donors (Lipinski definition) is 0. The summed E-state index contributed by atoms with van der Waals surface area (Å²) in [5.41, 5.74) is 2.10. The monoisotopic (exact) mass is 384 g/mol. The summed E-state index contributed by atoms with van der Waals surface area (Å²) in [5, 5.41) is 19.3. The van der Waals surface area contributed by atoms with Crippen molar-refractivity contribution in [3.05, 3.63) is 66.2 Å². The van der Waals surface area contributed by atoms with E-state index in [0.717, 1.165) is 35.1 Å². The molecule has 1 aliphatic carbocycles. The molecule has 1 aliphatic rings. The highest BCUT2D eigenvalue weighted by Crippen LogP contribution is 2.41. The Kier molecular flexibility index (Phi) is 3.55. The number of pyridine rings is 1. The van der Waals surface area contributed by atoms with Gasteiger partial charge in [-0.05, 0) is 31.0 Å². The van der Waals surface area contributed by atoms with Gasteiger partial charge in [-0.15, -0.1) is 15.3 Å². The standard InChI is InChI=1S/C21H16N6O2/c1-2-7-16-15(6-1)19-23-24-20(17-11-18(29-26-17)13-8-9-13)27(19)25-21(16)28-12-14-5-3-4-10-22-14/h1-7,10-11,13H,8-9,12H2. The average Bonchev–Trinajstić information content (AvgIpc) is 3.35. The molecule has 5 aromatic rings. The molecule has 0 amide bonds. The van der Waals surface area contributed by atoms with Crippen LogP contribution in [0.25, 0.3) is 27.9 Å². The third-order valence-corrected chi connectivity index (χ3v) is 5.05. The van der Waals surface area contributed by atoms with Crippen molar-refractivity contribution in [3.8, 4) is 17.4 Å². The van der Waals surface area contributed by atoms with E-state index in [2.05, 4.69) is 25.4 Å². The van der Waals surface area contributed by atoms with Gasteiger partial charge in [0, 0.05) is 29.0 Å². The van der Waals surface area contributed by atoms with E-state index in [1.807, 2.05) is 48.5 Å². The molecule has 0 bridgehead atoms. The van der Waals surface area contributed by atoms with E-state index in [-0.39, 0.29) is 0 Å². The fourth-order valence-corrected chi connectivity index (χ4v) is 3.40. The number of ether oxygens (including phenoxy) is 1. The Morgan fingerprint density at radius 1 is 1.03 bits per heavy atom. The van der Waals surface area contributed by atoms with Crippen LogP contribution in [0.4, 0.5) is 0 Å². The number of fused-ring (bicyclic) bond motifs is 3. The van der Waals surface area contributed by atoms with Crippen LogP contribution in [0.2, 0.25) is 0 Å². The van der Waals surface area contributed by atoms with Crippen molar-refractivity contribution in [1.29, 1.82) is 0 Å². The molecule has 29 heavy (non-hydrogen) atoms. The summed E-state index contributed by atoms with van der Waals surface area (Å²) in [6.45, 7) is 0.316. The first-order chi connectivity index (χ1) is 14.4. The van der Waals surface area contributed by atoms with Gasteiger partial charge in [-0.3, -0.25) is 4.98 Å². The molecule has 8 nitrogen and oxygen atoms in total. The van der Waals surface area contributed by atoms with E-state index in [0.29, 0.717) is 35.6 Å². The molecule has 0 N–H and O–H groups in total. The van der Waals surface area contributed by atoms with E-state index >= 15 is 0 Å². The summed E-state index contributed by atoms with van der Waals surface area (Å²) in [6, 6.07) is 15.5. The van der Waals surface area contributed by atoms with Gasteiger partial charge >= 0.3 is 0 Å². The fourth-order valence-electron chi connectivity index (χ4n) is 3.40. The lowest BCUT2D eigenvalue weighted by atomic mass is 10.2. The lowest BCUT2D eigenvalue weighted by Gasteiger charge is -2.09. The normalized spacial score (nSPS) is 13.9. The zero-order valence-electron chi connectivity index (χ0n) is 15.4. The predicted octanol–water partition coefficient (Wildman–Crippen LogP) is 3.78. The van der Waals surface area contributed by atoms with Crippen LogP contribution in [0, 0.1) is 0 Å². The molecule has 1 aromatic carbocycles. The van der Waals surface area contributed by atoms with E-state index in [9.17, 15) is 0 Å². The zero-order chi connectivity index (χ0) is 19.2. The van der Waals surface area contributed by atoms with E-state index < -0.39 is 0 Å². The molecular weight excluding hydrogens is 368 g/mol. The second kappa shape index (κ2) is 6.37. The van der Waals surface area contributed by atoms with Crippen LogP contribution in [0.3, 0.4) is 0 Å². The first kappa shape index (κ1) is 16.2. The van der Waals surface area contributed by atoms with Crippen LogP contribution in [-0.2, 0) is 6.61 Å². The van der Waals surface area contributed by atoms with Crippen molar-refractivity contribution in [1.82, 2.24) is 30.0 Å². The van der Waals surface area contributed by atoms with Crippen molar-refractivity contribution >= 4 is 16.4 Å². The van der Waals surface area contributed by atoms with Gasteiger partial charge in [0.05, 0.1) is 5.69 Å². The fraction of sp³-hybridized carbons (Fsp3) is 0.190. The van der Waals surface area contributed by atoms with Crippen LogP contribution in [0.5, 0.6) is 5.88 Å². The molecule has 4 aromatic heterocycles. The van der Waals surface area contributed by atoms with Crippen molar-refractivity contribution in [3.63, 3.8) is 0 Å². The average molecular weight is 384 g/mol. The highest BCUT2D eigenvalue weighted by Gasteiger charge is 2.29. The summed E-state index contributed by atoms with van der Waals surface area (Å²) in [7, 11) is 0. The van der Waals surface area contributed by atoms with E-state index in [1.165, 1.54) is 0 Å². The van der Waals surface area contributed by atoms with Gasteiger partial charge in [0.25, 0.3) is 0 Å². The number of hydrogen-bond acceptors (Lipinski definition) is 7. The minimum atomic E-state index is 0.316. The summed E-state index contributed by atoms with van der Waals surface area (Å²) < 4.78 is 13.2. The van der Waals surface area contributed by atoms with Crippen LogP contribution >= 0.6 is 0 Å². The predicted molar refractivity (Wildman–Crippen MR) is 104 cm³/mol. The number of aromatic nitrogens is 6. The quantitative estimate of drug-likeness (QED) is 0.455. The lowest BCUT2D eigenvalue weighted by molar-refractivity contribution is 0.289. The third kappa shape index (κ3) is 2.80. The van der Waals surface area contributed by atoms with Gasteiger partial charge in [-0.25, -0.2) is 0 Å². The molecule has 1 fully saturated rings. The van der Waals surface area contributed by atoms with Crippen LogP contribution < -0.4 is 4.74 Å². The molecule has 0 atom stereocenters. The lowest BCUT2D eigenvalue weighted by Crippen LogP contribution is -2.04. The Bertz CT molecular complexity index is 1320. The molecule has 0 aliphatic heterocycles. The number of nitrogens with zero attached hydrogens (tertiary/aromatic N) is 6. The molecule has 4 heterocycles. The maximum atomic E-state index is 6.03. The summed E-state index contributed by atoms with van der Waals surface area (Å²) >= 11 is 0. The topological polar surface area (TPSA) is 91.2 Å². The summed E-state index contributed by atoms with van der Waals surface area (Å²) in [6.07, 6.45) is 4.03. The third-order valence-electron chi connectivity index (χ3n) is 5.05. The molecule has 142 valence electrons. The van der Waals surface area contributed by atoms with Crippen molar-refractivity contribution in [2.75, 3.05) is 0 Å². The van der Waals surface area contributed by atoms with Gasteiger partial charge in [0.2, 0.25) is 11.7 Å². The molecule has 0 unspecified atom stereocenters. The van der Waals surface area contributed by atoms with Crippen molar-refractivity contribution in [2.45, 2.75) is 25.4 Å². The van der Waals surface area contributed by atoms with E-state index in [4.69, 9.17) is 9.26 Å². The molecular formula is C21H16N6O2. The first-order valence-corrected chi connectivity index (χ1v) is 9.51. The van der Waals surface area contributed by atoms with Gasteiger partial charge in [0.1, 0.15) is 12.4 Å². The van der Waals surface area contributed by atoms with Gasteiger partial charge in [0.15, 0.2) is 11.3 Å². The maximum absolute atomic E-state index is 6.03. The molecule has 0 saturated heterocycles. The zero-order valence-corrected chi connectivity index (χ0v) is 15.4. The Hall–Kier alpha value is -3.81. The number of rotatable bonds is 5. The maximum Gasteiger partial charge on any atom is 0.240 e. The molecule has 0 radical (unpaired) electrons. The molecule has 0 spiro atoms. The van der Waals surface area contributed by atoms with Crippen LogP contribution in [0.15, 0.2) is 59.3 Å². The minimum Gasteiger partial charge on any atom is -0.470 e. The van der Waals surface area contributed by atoms with Crippen molar-refractivity contribution < 1.29 is 9.26 Å². The second-order valence-corrected chi connectivity index (χ2v) is 7.11. The Morgan fingerprint density at radius 3 is 2.72 bits per heavy atom. The Morgan fingerprint density at radius 2 is 1.90 bits per heavy atom. The van der Waals surface area contributed by atoms with Crippen LogP contribution in [0.1, 0.15) is 30.2 Å². The van der Waals surface area contributed by atoms with Crippen molar-refractivity contribution in [2.24, 2.45) is 0 Å². The highest BCUT2D eigenvalue weighted by molar-refractivity contribution is 5.96. The smallest absolute Gasteiger partial charge is 0.240 e. The summed E-state index contributed by atoms with van der Waals surface area (Å²) in [4.78, 5) is 4.31. The largest absolute Gasteiger partial charge is 0.470 e. The Balaban J connectivity index is 1.47. The van der Waals surface area contributed by atoms with Gasteiger partial charge in [-0.2, -0.15) is 4.52 Å². The molecule has 8 heteroatoms.